The Bertz CT molecular complexity index is 1170. The Kier molecular flexibility index (Phi) is 7.05. The Morgan fingerprint density at radius 3 is 2.40 bits per heavy atom. The molecular weight excluding hydrogens is 429 g/mol. The summed E-state index contributed by atoms with van der Waals surface area (Å²) in [5, 5.41) is 31.3. The van der Waals surface area contributed by atoms with E-state index in [0.29, 0.717) is 0 Å². The van der Waals surface area contributed by atoms with Crippen LogP contribution in [-0.2, 0) is 14.9 Å². The van der Waals surface area contributed by atoms with Gasteiger partial charge >= 0.3 is 35.2 Å². The van der Waals surface area contributed by atoms with Gasteiger partial charge < -0.3 is 9.66 Å². The van der Waals surface area contributed by atoms with Gasteiger partial charge in [-0.25, -0.2) is 13.6 Å². The maximum absolute atomic E-state index is 12.6. The molecule has 0 saturated heterocycles. The van der Waals surface area contributed by atoms with Crippen molar-refractivity contribution >= 4 is 38.8 Å². The van der Waals surface area contributed by atoms with Crippen LogP contribution in [0.5, 0.6) is 5.75 Å². The number of phenols is 1. The van der Waals surface area contributed by atoms with Crippen molar-refractivity contribution in [1.29, 1.82) is 0 Å². The minimum absolute atomic E-state index is 0. The second kappa shape index (κ2) is 8.97. The zero-order valence-electron chi connectivity index (χ0n) is 15.7. The monoisotopic (exact) mass is 442 g/mol. The summed E-state index contributed by atoms with van der Waals surface area (Å²) in [6, 6.07) is 6.82. The van der Waals surface area contributed by atoms with E-state index in [-0.39, 0.29) is 58.1 Å². The van der Waals surface area contributed by atoms with E-state index in [1.807, 2.05) is 0 Å². The molecule has 0 saturated carbocycles. The number of carbonyl (C=O) groups excluding carboxylic acids is 1. The maximum Gasteiger partial charge on any atom is 1.00 e. The van der Waals surface area contributed by atoms with Gasteiger partial charge in [-0.3, -0.25) is 4.79 Å². The molecule has 1 unspecified atom stereocenters. The summed E-state index contributed by atoms with van der Waals surface area (Å²) in [7, 11) is -4.62. The summed E-state index contributed by atoms with van der Waals surface area (Å²) in [6.07, 6.45) is 0. The standard InChI is InChI=1S/C16H13N5O7S.Na/c1-9-15(18-17-13-8-11(21(24)25)4-7-14(13)22)16(23)20(19-9)10-2-5-12(6-3-10)29(26,27)28;/h2-8,15H,1H3,(H2-,18,22,24,25,26,27,28);/q;+1. The first kappa shape index (κ1) is 23.6. The first-order chi connectivity index (χ1) is 13.6. The Balaban J connectivity index is 0.00000320. The van der Waals surface area contributed by atoms with Crippen LogP contribution in [0.2, 0.25) is 0 Å². The Labute approximate surface area is 192 Å². The number of anilines is 1. The molecule has 1 amide bonds. The second-order valence-corrected chi connectivity index (χ2v) is 7.28. The van der Waals surface area contributed by atoms with E-state index in [2.05, 4.69) is 15.3 Å². The van der Waals surface area contributed by atoms with E-state index in [1.54, 1.807) is 0 Å². The zero-order valence-corrected chi connectivity index (χ0v) is 18.5. The van der Waals surface area contributed by atoms with Gasteiger partial charge in [0.15, 0.2) is 6.04 Å². The predicted octanol–water partition coefficient (Wildman–Crippen LogP) is -1.03. The molecule has 0 spiro atoms. The number of hydrazone groups is 1. The molecular formula is C16H13N5NaO7S+. The molecule has 0 bridgehead atoms. The SMILES string of the molecule is CC1=NN(c2ccc(S(=O)(=O)[O-])cc2)C(=O)C1N=Nc1cc([N+](=O)O)ccc1O.[Na+]. The van der Waals surface area contributed by atoms with Crippen LogP contribution >= 0.6 is 0 Å². The summed E-state index contributed by atoms with van der Waals surface area (Å²) < 4.78 is 33.0. The summed E-state index contributed by atoms with van der Waals surface area (Å²) in [6.45, 7) is 1.52. The maximum atomic E-state index is 12.6. The fraction of sp³-hybridized carbons (Fsp3) is 0.125. The van der Waals surface area contributed by atoms with Crippen molar-refractivity contribution < 1.29 is 62.6 Å². The molecule has 2 aromatic carbocycles. The van der Waals surface area contributed by atoms with Gasteiger partial charge in [0.2, 0.25) is 0 Å². The number of phenolic OH excluding ortho intramolecular Hbond substituents is 1. The number of hydrogen-bond acceptors (Lipinski definition) is 9. The molecule has 30 heavy (non-hydrogen) atoms. The van der Waals surface area contributed by atoms with E-state index in [0.717, 1.165) is 35.3 Å². The average molecular weight is 442 g/mol. The third-order valence-corrected chi connectivity index (χ3v) is 4.78. The average Bonchev–Trinajstić information content (AvgIpc) is 2.94. The quantitative estimate of drug-likeness (QED) is 0.258. The minimum Gasteiger partial charge on any atom is -0.744 e. The van der Waals surface area contributed by atoms with Crippen molar-refractivity contribution in [3.63, 3.8) is 0 Å². The number of azo groups is 1. The summed E-state index contributed by atoms with van der Waals surface area (Å²) in [5.41, 5.74) is 0.130. The molecule has 14 heteroatoms. The van der Waals surface area contributed by atoms with E-state index >= 15 is 0 Å². The number of benzene rings is 2. The van der Waals surface area contributed by atoms with Gasteiger partial charge in [0.1, 0.15) is 21.6 Å². The first-order valence-electron chi connectivity index (χ1n) is 7.93. The van der Waals surface area contributed by atoms with Crippen molar-refractivity contribution in [1.82, 2.24) is 0 Å². The van der Waals surface area contributed by atoms with E-state index < -0.39 is 31.9 Å². The second-order valence-electron chi connectivity index (χ2n) is 5.90. The van der Waals surface area contributed by atoms with Gasteiger partial charge in [-0.15, -0.1) is 0 Å². The Morgan fingerprint density at radius 1 is 1.20 bits per heavy atom. The largest absolute Gasteiger partial charge is 1.00 e. The number of amides is 1. The molecule has 2 aromatic rings. The predicted molar refractivity (Wildman–Crippen MR) is 96.5 cm³/mol. The molecule has 0 aliphatic carbocycles. The molecule has 150 valence electrons. The van der Waals surface area contributed by atoms with Gasteiger partial charge in [-0.05, 0) is 37.3 Å². The fourth-order valence-electron chi connectivity index (χ4n) is 2.46. The van der Waals surface area contributed by atoms with Crippen molar-refractivity contribution in [2.75, 3.05) is 5.01 Å². The van der Waals surface area contributed by atoms with Gasteiger partial charge in [-0.1, -0.05) is 0 Å². The molecule has 1 aliphatic rings. The molecule has 1 atom stereocenters. The van der Waals surface area contributed by atoms with Crippen LogP contribution in [0.15, 0.2) is 62.7 Å². The number of nitrogens with zero attached hydrogens (tertiary/aromatic N) is 5. The Morgan fingerprint density at radius 2 is 1.83 bits per heavy atom. The smallest absolute Gasteiger partial charge is 0.744 e. The minimum atomic E-state index is -4.62. The molecule has 0 radical (unpaired) electrons. The zero-order chi connectivity index (χ0) is 21.3. The molecule has 0 fully saturated rings. The van der Waals surface area contributed by atoms with Crippen LogP contribution in [0.3, 0.4) is 0 Å². The molecule has 12 nitrogen and oxygen atoms in total. The van der Waals surface area contributed by atoms with E-state index in [1.165, 1.54) is 19.1 Å². The molecule has 3 rings (SSSR count). The van der Waals surface area contributed by atoms with Crippen molar-refractivity contribution in [2.45, 2.75) is 17.9 Å². The molecule has 1 heterocycles. The molecule has 2 N–H and O–H groups in total. The summed E-state index contributed by atoms with van der Waals surface area (Å²) >= 11 is 0. The topological polar surface area (TPSA) is 175 Å². The molecule has 0 aromatic heterocycles. The van der Waals surface area contributed by atoms with E-state index in [9.17, 15) is 27.8 Å². The van der Waals surface area contributed by atoms with Crippen LogP contribution in [0.4, 0.5) is 17.1 Å². The van der Waals surface area contributed by atoms with Gasteiger partial charge in [-0.2, -0.15) is 20.3 Å². The molecule has 1 aliphatic heterocycles. The van der Waals surface area contributed by atoms with Crippen molar-refractivity contribution in [3.8, 4) is 5.75 Å². The van der Waals surface area contributed by atoms with Crippen molar-refractivity contribution in [2.24, 2.45) is 15.3 Å². The van der Waals surface area contributed by atoms with Crippen LogP contribution in [-0.4, -0.2) is 45.9 Å². The summed E-state index contributed by atoms with van der Waals surface area (Å²) in [5.74, 6) is -0.933. The number of hydrogen-bond donors (Lipinski definition) is 2. The van der Waals surface area contributed by atoms with E-state index in [4.69, 9.17) is 5.21 Å². The van der Waals surface area contributed by atoms with Gasteiger partial charge in [0, 0.05) is 6.07 Å². The van der Waals surface area contributed by atoms with Crippen molar-refractivity contribution in [3.05, 3.63) is 47.4 Å². The number of rotatable bonds is 5. The van der Waals surface area contributed by atoms with Crippen LogP contribution < -0.4 is 34.6 Å². The number of aromatic hydroxyl groups is 1. The summed E-state index contributed by atoms with van der Waals surface area (Å²) in [4.78, 5) is 22.7. The van der Waals surface area contributed by atoms with Crippen LogP contribution in [0, 0.1) is 4.91 Å². The Hall–Kier alpha value is -2.71. The number of carbonyl (C=O) groups is 1. The third-order valence-electron chi connectivity index (χ3n) is 3.93. The van der Waals surface area contributed by atoms with Crippen LogP contribution in [0.1, 0.15) is 6.92 Å². The van der Waals surface area contributed by atoms with Crippen LogP contribution in [0.25, 0.3) is 0 Å². The van der Waals surface area contributed by atoms with Gasteiger partial charge in [0.05, 0.1) is 27.3 Å². The normalized spacial score (nSPS) is 16.5. The fourth-order valence-corrected chi connectivity index (χ4v) is 2.93. The van der Waals surface area contributed by atoms with Gasteiger partial charge in [0.25, 0.3) is 10.8 Å². The first-order valence-corrected chi connectivity index (χ1v) is 9.34. The third kappa shape index (κ3) is 4.88.